The number of nitrogens with one attached hydrogen (secondary N) is 2. The molecular formula is C49H74F6N8O5S2. The fraction of sp³-hybridized carbons (Fsp3) is 0.673. The van der Waals surface area contributed by atoms with Crippen LogP contribution in [0.25, 0.3) is 22.8 Å². The summed E-state index contributed by atoms with van der Waals surface area (Å²) in [5, 5.41) is 23.8. The van der Waals surface area contributed by atoms with Gasteiger partial charge < -0.3 is 9.88 Å². The van der Waals surface area contributed by atoms with Crippen molar-refractivity contribution in [1.29, 1.82) is 0 Å². The lowest BCUT2D eigenvalue weighted by Crippen LogP contribution is -2.49. The molecule has 0 unspecified atom stereocenters. The summed E-state index contributed by atoms with van der Waals surface area (Å²) in [7, 11) is -2.29. The van der Waals surface area contributed by atoms with Gasteiger partial charge in [0.05, 0.1) is 22.6 Å². The highest BCUT2D eigenvalue weighted by Gasteiger charge is 2.53. The summed E-state index contributed by atoms with van der Waals surface area (Å²) in [4.78, 5) is 12.0. The molecule has 6 saturated carbocycles. The van der Waals surface area contributed by atoms with E-state index < -0.39 is 43.2 Å². The molecule has 0 spiro atoms. The number of hydrogen-bond acceptors (Lipinski definition) is 10. The molecule has 0 radical (unpaired) electrons. The van der Waals surface area contributed by atoms with Crippen molar-refractivity contribution in [2.24, 2.45) is 23.3 Å². The van der Waals surface area contributed by atoms with Crippen molar-refractivity contribution in [1.82, 2.24) is 40.7 Å². The fourth-order valence-electron chi connectivity index (χ4n) is 11.0. The molecule has 2 aromatic heterocycles. The van der Waals surface area contributed by atoms with Gasteiger partial charge in [0.15, 0.2) is 5.82 Å². The van der Waals surface area contributed by atoms with E-state index in [-0.39, 0.29) is 84.5 Å². The first-order valence-corrected chi connectivity index (χ1v) is 26.7. The van der Waals surface area contributed by atoms with Crippen molar-refractivity contribution in [2.45, 2.75) is 157 Å². The molecule has 2 N–H and O–H groups in total. The molecule has 394 valence electrons. The van der Waals surface area contributed by atoms with E-state index in [4.69, 9.17) is 0 Å². The van der Waals surface area contributed by atoms with E-state index in [0.717, 1.165) is 114 Å². The highest BCUT2D eigenvalue weighted by Crippen LogP contribution is 2.60. The van der Waals surface area contributed by atoms with Crippen molar-refractivity contribution in [3.8, 4) is 22.8 Å². The van der Waals surface area contributed by atoms with Crippen molar-refractivity contribution in [2.75, 3.05) is 30.1 Å². The molecule has 21 heteroatoms. The van der Waals surface area contributed by atoms with E-state index in [0.29, 0.717) is 17.6 Å². The van der Waals surface area contributed by atoms with E-state index in [2.05, 4.69) is 36.1 Å². The number of nitrogens with zero attached hydrogens (tertiary/aromatic N) is 6. The number of aromatic amines is 1. The van der Waals surface area contributed by atoms with E-state index in [1.807, 2.05) is 0 Å². The molecule has 6 aliphatic carbocycles. The van der Waals surface area contributed by atoms with E-state index in [9.17, 15) is 48.0 Å². The number of alkyl halides is 6. The second-order valence-corrected chi connectivity index (χ2v) is 24.0. The molecule has 6 fully saturated rings. The fourth-order valence-corrected chi connectivity index (χ4v) is 12.7. The Morgan fingerprint density at radius 1 is 0.657 bits per heavy atom. The van der Waals surface area contributed by atoms with Crippen LogP contribution in [-0.2, 0) is 49.3 Å². The molecule has 2 aromatic carbocycles. The molecule has 70 heavy (non-hydrogen) atoms. The number of sulfone groups is 2. The SMILES string of the molecule is C.C.C.CCS(=O)(=O)CCCC12CCC(C(=O)NC)(CC1)CC2.CCS(=O)(=O)CCCC12CCC(c3nnc(-c4ccccc4C(F)(F)F)n3C)(CC1)CC2.FC(F)(F)c1ccccc1-c1nn[nH]n1. The van der Waals surface area contributed by atoms with E-state index in [1.54, 1.807) is 38.6 Å². The van der Waals surface area contributed by atoms with Gasteiger partial charge in [0.2, 0.25) is 11.7 Å². The average molecular weight is 1030 g/mol. The number of halogens is 6. The zero-order valence-electron chi connectivity index (χ0n) is 38.6. The van der Waals surface area contributed by atoms with E-state index in [1.165, 1.54) is 30.3 Å². The number of carbonyl (C=O) groups is 1. The predicted molar refractivity (Wildman–Crippen MR) is 262 cm³/mol. The molecule has 1 amide bonds. The van der Waals surface area contributed by atoms with Gasteiger partial charge in [-0.05, 0) is 131 Å². The molecule has 0 aliphatic heterocycles. The van der Waals surface area contributed by atoms with Crippen LogP contribution in [-0.4, -0.2) is 88.2 Å². The maximum Gasteiger partial charge on any atom is 0.417 e. The summed E-state index contributed by atoms with van der Waals surface area (Å²) in [6, 6.07) is 10.6. The Hall–Kier alpha value is -4.40. The molecule has 6 aliphatic rings. The van der Waals surface area contributed by atoms with Crippen LogP contribution in [0.1, 0.15) is 156 Å². The zero-order valence-corrected chi connectivity index (χ0v) is 40.2. The smallest absolute Gasteiger partial charge is 0.359 e. The summed E-state index contributed by atoms with van der Waals surface area (Å²) in [5.41, 5.74) is -1.28. The molecule has 0 saturated heterocycles. The van der Waals surface area contributed by atoms with Crippen molar-refractivity contribution in [3.05, 3.63) is 65.5 Å². The third-order valence-electron chi connectivity index (χ3n) is 15.4. The first-order valence-electron chi connectivity index (χ1n) is 23.1. The highest BCUT2D eigenvalue weighted by atomic mass is 32.2. The number of fused-ring (bicyclic) bond motifs is 6. The molecule has 0 atom stereocenters. The van der Waals surface area contributed by atoms with Gasteiger partial charge in [-0.1, -0.05) is 72.5 Å². The third kappa shape index (κ3) is 13.6. The van der Waals surface area contributed by atoms with Crippen molar-refractivity contribution in [3.63, 3.8) is 0 Å². The molecular weight excluding hydrogens is 959 g/mol. The van der Waals surface area contributed by atoms with Gasteiger partial charge in [0, 0.05) is 47.6 Å². The molecule has 4 bridgehead atoms. The Kier molecular flexibility index (Phi) is 20.1. The monoisotopic (exact) mass is 1030 g/mol. The Labute approximate surface area is 411 Å². The van der Waals surface area contributed by atoms with Crippen molar-refractivity contribution >= 4 is 25.6 Å². The average Bonchev–Trinajstić information content (AvgIpc) is 4.00. The third-order valence-corrected chi connectivity index (χ3v) is 18.9. The van der Waals surface area contributed by atoms with Crippen LogP contribution in [0.2, 0.25) is 0 Å². The maximum atomic E-state index is 13.5. The normalized spacial score (nSPS) is 23.8. The first kappa shape index (κ1) is 59.9. The standard InChI is InChI=1S/C23H30F3N3O2S.C15H27NO3S.C8H5F3N4.3CH4/c1-3-32(30,31)16-6-9-21-10-13-22(14-11-21,15-12-21)20-28-27-19(29(20)2)17-7-4-5-8-18(17)23(24,25)26;1-3-20(18,19)12-4-5-14-6-9-15(10-7-14,11-8-14)13(17)16-2;9-8(10,11)6-4-2-1-3-5(6)7-12-14-15-13-7;;;/h4-5,7-8H,3,6,9-16H2,1-2H3;3-12H2,1-2H3,(H,16,17);1-4H,(H,12,13,14,15);3*1H4. The van der Waals surface area contributed by atoms with Gasteiger partial charge in [-0.2, -0.15) is 31.6 Å². The lowest BCUT2D eigenvalue weighted by atomic mass is 9.52. The summed E-state index contributed by atoms with van der Waals surface area (Å²) in [6.45, 7) is 3.40. The number of amides is 1. The van der Waals surface area contributed by atoms with Gasteiger partial charge in [-0.15, -0.1) is 20.4 Å². The number of benzene rings is 2. The van der Waals surface area contributed by atoms with Gasteiger partial charge in [-0.25, -0.2) is 16.8 Å². The lowest BCUT2D eigenvalue weighted by molar-refractivity contribution is -0.140. The lowest BCUT2D eigenvalue weighted by Gasteiger charge is -2.53. The number of tetrazole rings is 1. The Balaban J connectivity index is 0.000000294. The van der Waals surface area contributed by atoms with Gasteiger partial charge in [-0.3, -0.25) is 4.79 Å². The van der Waals surface area contributed by atoms with Gasteiger partial charge >= 0.3 is 12.4 Å². The predicted octanol–water partition coefficient (Wildman–Crippen LogP) is 11.4. The molecule has 4 aromatic rings. The number of rotatable bonds is 14. The van der Waals surface area contributed by atoms with Gasteiger partial charge in [0.1, 0.15) is 25.5 Å². The quantitative estimate of drug-likeness (QED) is 0.115. The molecule has 13 nitrogen and oxygen atoms in total. The Morgan fingerprint density at radius 2 is 1.09 bits per heavy atom. The minimum atomic E-state index is -4.46. The maximum absolute atomic E-state index is 13.5. The van der Waals surface area contributed by atoms with E-state index >= 15 is 0 Å². The Bertz CT molecular complexity index is 2500. The van der Waals surface area contributed by atoms with Crippen LogP contribution in [0.4, 0.5) is 26.3 Å². The van der Waals surface area contributed by atoms with Crippen LogP contribution in [0.3, 0.4) is 0 Å². The summed E-state index contributed by atoms with van der Waals surface area (Å²) < 4.78 is 127. The Morgan fingerprint density at radius 3 is 1.50 bits per heavy atom. The van der Waals surface area contributed by atoms with Crippen LogP contribution < -0.4 is 5.32 Å². The van der Waals surface area contributed by atoms with Crippen LogP contribution in [0.5, 0.6) is 0 Å². The topological polar surface area (TPSA) is 183 Å². The second kappa shape index (κ2) is 23.4. The number of carbonyl (C=O) groups excluding carboxylic acids is 1. The van der Waals surface area contributed by atoms with Crippen LogP contribution in [0, 0.1) is 16.2 Å². The zero-order chi connectivity index (χ0) is 48.9. The summed E-state index contributed by atoms with van der Waals surface area (Å²) >= 11 is 0. The number of aromatic nitrogens is 7. The minimum absolute atomic E-state index is 0. The number of hydrogen-bond donors (Lipinski definition) is 2. The van der Waals surface area contributed by atoms with Crippen molar-refractivity contribution < 1.29 is 48.0 Å². The van der Waals surface area contributed by atoms with Crippen LogP contribution >= 0.6 is 0 Å². The number of H-pyrrole nitrogens is 1. The highest BCUT2D eigenvalue weighted by molar-refractivity contribution is 7.91. The van der Waals surface area contributed by atoms with Crippen LogP contribution in [0.15, 0.2) is 48.5 Å². The first-order chi connectivity index (χ1) is 31.5. The molecule has 2 heterocycles. The summed E-state index contributed by atoms with van der Waals surface area (Å²) in [6.07, 6.45) is 6.50. The molecule has 10 rings (SSSR count). The largest absolute Gasteiger partial charge is 0.417 e. The minimum Gasteiger partial charge on any atom is -0.359 e. The second-order valence-electron chi connectivity index (χ2n) is 19.0. The van der Waals surface area contributed by atoms with Gasteiger partial charge in [0.25, 0.3) is 0 Å². The summed E-state index contributed by atoms with van der Waals surface area (Å²) in [5.74, 6) is 2.17.